The number of benzene rings is 1. The molecular weight excluding hydrogens is 244 g/mol. The number of hydrogen-bond donors (Lipinski definition) is 2. The number of fused-ring (bicyclic) bond motifs is 3. The van der Waals surface area contributed by atoms with E-state index in [2.05, 4.69) is 10.2 Å². The first-order valence-corrected chi connectivity index (χ1v) is 6.74. The molecule has 5 nitrogen and oxygen atoms in total. The van der Waals surface area contributed by atoms with Crippen molar-refractivity contribution in [3.05, 3.63) is 23.8 Å². The van der Waals surface area contributed by atoms with Crippen LogP contribution in [-0.2, 0) is 9.53 Å². The third-order valence-electron chi connectivity index (χ3n) is 4.25. The Labute approximate surface area is 111 Å². The maximum Gasteiger partial charge on any atom is 0.257 e. The minimum atomic E-state index is -1.02. The molecule has 1 amide bonds. The molecule has 1 aromatic rings. The summed E-state index contributed by atoms with van der Waals surface area (Å²) in [5.41, 5.74) is 2.49. The second-order valence-corrected chi connectivity index (χ2v) is 5.53. The zero-order chi connectivity index (χ0) is 13.0. The molecule has 0 aromatic heterocycles. The van der Waals surface area contributed by atoms with Gasteiger partial charge in [0.2, 0.25) is 0 Å². The van der Waals surface area contributed by atoms with Gasteiger partial charge >= 0.3 is 0 Å². The van der Waals surface area contributed by atoms with Gasteiger partial charge in [0, 0.05) is 30.0 Å². The van der Waals surface area contributed by atoms with Crippen LogP contribution in [0.15, 0.2) is 18.2 Å². The van der Waals surface area contributed by atoms with E-state index >= 15 is 0 Å². The highest BCUT2D eigenvalue weighted by atomic mass is 16.5. The molecule has 0 aliphatic carbocycles. The average molecular weight is 260 g/mol. The first-order chi connectivity index (χ1) is 9.20. The predicted octanol–water partition coefficient (Wildman–Crippen LogP) is 1.04. The largest absolute Gasteiger partial charge is 0.378 e. The van der Waals surface area contributed by atoms with E-state index in [4.69, 9.17) is 4.74 Å². The molecule has 3 unspecified atom stereocenters. The van der Waals surface area contributed by atoms with E-state index in [-0.39, 0.29) is 5.91 Å². The fourth-order valence-corrected chi connectivity index (χ4v) is 3.26. The maximum absolute atomic E-state index is 11.4. The molecule has 3 aliphatic rings. The highest BCUT2D eigenvalue weighted by Crippen LogP contribution is 2.36. The number of hydrogen-bond acceptors (Lipinski definition) is 4. The number of aliphatic hydroxyl groups is 1. The Kier molecular flexibility index (Phi) is 2.34. The van der Waals surface area contributed by atoms with Gasteiger partial charge in [-0.05, 0) is 25.0 Å². The quantitative estimate of drug-likeness (QED) is 0.792. The summed E-state index contributed by atoms with van der Waals surface area (Å²) in [5, 5.41) is 12.4. The maximum atomic E-state index is 11.4. The van der Waals surface area contributed by atoms with E-state index in [0.29, 0.717) is 17.8 Å². The van der Waals surface area contributed by atoms with Crippen molar-refractivity contribution in [2.45, 2.75) is 31.2 Å². The lowest BCUT2D eigenvalue weighted by molar-refractivity contribution is -0.123. The van der Waals surface area contributed by atoms with E-state index in [1.807, 2.05) is 18.2 Å². The summed E-state index contributed by atoms with van der Waals surface area (Å²) >= 11 is 0. The second-order valence-electron chi connectivity index (χ2n) is 5.53. The average Bonchev–Trinajstić information content (AvgIpc) is 2.90. The normalized spacial score (nSPS) is 32.4. The molecule has 1 aromatic carbocycles. The van der Waals surface area contributed by atoms with Gasteiger partial charge in [0.05, 0.1) is 12.2 Å². The van der Waals surface area contributed by atoms with Crippen molar-refractivity contribution >= 4 is 17.3 Å². The minimum Gasteiger partial charge on any atom is -0.378 e. The predicted molar refractivity (Wildman–Crippen MR) is 70.1 cm³/mol. The van der Waals surface area contributed by atoms with Crippen LogP contribution in [0.3, 0.4) is 0 Å². The van der Waals surface area contributed by atoms with Crippen LogP contribution < -0.4 is 10.2 Å². The molecule has 5 heteroatoms. The number of amides is 1. The van der Waals surface area contributed by atoms with Gasteiger partial charge in [-0.2, -0.15) is 0 Å². The van der Waals surface area contributed by atoms with Crippen molar-refractivity contribution in [3.63, 3.8) is 0 Å². The van der Waals surface area contributed by atoms with Crippen LogP contribution in [0.1, 0.15) is 24.5 Å². The highest BCUT2D eigenvalue weighted by molar-refractivity contribution is 6.02. The third kappa shape index (κ3) is 1.73. The van der Waals surface area contributed by atoms with Gasteiger partial charge in [-0.3, -0.25) is 4.79 Å². The smallest absolute Gasteiger partial charge is 0.257 e. The molecule has 2 N–H and O–H groups in total. The summed E-state index contributed by atoms with van der Waals surface area (Å²) in [5.74, 6) is -0.339. The third-order valence-corrected chi connectivity index (χ3v) is 4.25. The van der Waals surface area contributed by atoms with Gasteiger partial charge in [-0.25, -0.2) is 0 Å². The minimum absolute atomic E-state index is 0.339. The summed E-state index contributed by atoms with van der Waals surface area (Å²) in [6, 6.07) is 5.77. The fraction of sp³-hybridized carbons (Fsp3) is 0.500. The van der Waals surface area contributed by atoms with Gasteiger partial charge in [-0.15, -0.1) is 0 Å². The summed E-state index contributed by atoms with van der Waals surface area (Å²) in [7, 11) is 0. The summed E-state index contributed by atoms with van der Waals surface area (Å²) in [4.78, 5) is 13.7. The van der Waals surface area contributed by atoms with Crippen LogP contribution in [0, 0.1) is 0 Å². The lowest BCUT2D eigenvalue weighted by Gasteiger charge is -2.34. The van der Waals surface area contributed by atoms with Gasteiger partial charge in [-0.1, -0.05) is 6.07 Å². The molecular formula is C14H16N2O3. The topological polar surface area (TPSA) is 61.8 Å². The van der Waals surface area contributed by atoms with Crippen LogP contribution >= 0.6 is 0 Å². The summed E-state index contributed by atoms with van der Waals surface area (Å²) < 4.78 is 5.82. The summed E-state index contributed by atoms with van der Waals surface area (Å²) in [6.07, 6.45) is 1.94. The molecule has 2 saturated heterocycles. The Morgan fingerprint density at radius 2 is 2.00 bits per heavy atom. The van der Waals surface area contributed by atoms with E-state index < -0.39 is 6.10 Å². The number of carbonyl (C=O) groups is 1. The van der Waals surface area contributed by atoms with Gasteiger partial charge in [0.15, 0.2) is 6.10 Å². The molecule has 100 valence electrons. The van der Waals surface area contributed by atoms with Gasteiger partial charge < -0.3 is 20.1 Å². The monoisotopic (exact) mass is 260 g/mol. The molecule has 19 heavy (non-hydrogen) atoms. The Bertz CT molecular complexity index is 533. The van der Waals surface area contributed by atoms with E-state index in [0.717, 1.165) is 37.3 Å². The second kappa shape index (κ2) is 3.95. The standard InChI is InChI=1S/C14H16N2O3/c17-13-11-4-1-8(5-12(11)15-14(13)18)16-6-9-2-3-10(7-16)19-9/h1,4-5,9-10,13,17H,2-3,6-7H2,(H,15,18). The van der Waals surface area contributed by atoms with Crippen molar-refractivity contribution in [2.24, 2.45) is 0 Å². The number of anilines is 2. The van der Waals surface area contributed by atoms with E-state index in [1.165, 1.54) is 0 Å². The molecule has 3 aliphatic heterocycles. The molecule has 0 radical (unpaired) electrons. The highest BCUT2D eigenvalue weighted by Gasteiger charge is 2.35. The molecule has 4 rings (SSSR count). The molecule has 3 atom stereocenters. The number of nitrogens with one attached hydrogen (secondary N) is 1. The van der Waals surface area contributed by atoms with E-state index in [1.54, 1.807) is 0 Å². The van der Waals surface area contributed by atoms with Crippen LogP contribution in [0.25, 0.3) is 0 Å². The first kappa shape index (κ1) is 11.3. The van der Waals surface area contributed by atoms with Gasteiger partial charge in [0.1, 0.15) is 0 Å². The number of ether oxygens (including phenoxy) is 1. The Balaban J connectivity index is 1.63. The number of nitrogens with zero attached hydrogens (tertiary/aromatic N) is 1. The molecule has 0 saturated carbocycles. The zero-order valence-corrected chi connectivity index (χ0v) is 10.5. The molecule has 2 bridgehead atoms. The van der Waals surface area contributed by atoms with Crippen molar-refractivity contribution in [1.29, 1.82) is 0 Å². The lowest BCUT2D eigenvalue weighted by Crippen LogP contribution is -2.42. The number of aliphatic hydroxyl groups excluding tert-OH is 1. The van der Waals surface area contributed by atoms with Crippen molar-refractivity contribution < 1.29 is 14.6 Å². The van der Waals surface area contributed by atoms with Crippen molar-refractivity contribution in [2.75, 3.05) is 23.3 Å². The lowest BCUT2D eigenvalue weighted by atomic mass is 10.1. The SMILES string of the molecule is O=C1Nc2cc(N3CC4CCC(C3)O4)ccc2C1O. The van der Waals surface area contributed by atoms with Crippen LogP contribution in [-0.4, -0.2) is 36.3 Å². The Hall–Kier alpha value is -1.59. The summed E-state index contributed by atoms with van der Waals surface area (Å²) in [6.45, 7) is 1.82. The van der Waals surface area contributed by atoms with E-state index in [9.17, 15) is 9.90 Å². The van der Waals surface area contributed by atoms with Crippen LogP contribution in [0.5, 0.6) is 0 Å². The first-order valence-electron chi connectivity index (χ1n) is 6.74. The molecule has 2 fully saturated rings. The molecule has 0 spiro atoms. The Morgan fingerprint density at radius 3 is 2.74 bits per heavy atom. The fourth-order valence-electron chi connectivity index (χ4n) is 3.26. The van der Waals surface area contributed by atoms with Crippen molar-refractivity contribution in [1.82, 2.24) is 0 Å². The van der Waals surface area contributed by atoms with Crippen molar-refractivity contribution in [3.8, 4) is 0 Å². The van der Waals surface area contributed by atoms with Crippen LogP contribution in [0.4, 0.5) is 11.4 Å². The number of carbonyl (C=O) groups excluding carboxylic acids is 1. The number of morpholine rings is 1. The Morgan fingerprint density at radius 1 is 1.26 bits per heavy atom. The zero-order valence-electron chi connectivity index (χ0n) is 10.5. The number of rotatable bonds is 1. The van der Waals surface area contributed by atoms with Crippen LogP contribution in [0.2, 0.25) is 0 Å². The molecule has 3 heterocycles. The van der Waals surface area contributed by atoms with Gasteiger partial charge in [0.25, 0.3) is 5.91 Å².